The van der Waals surface area contributed by atoms with Gasteiger partial charge in [-0.05, 0) is 37.6 Å². The van der Waals surface area contributed by atoms with Crippen LogP contribution >= 0.6 is 11.6 Å². The summed E-state index contributed by atoms with van der Waals surface area (Å²) < 4.78 is 6.73. The average Bonchev–Trinajstić information content (AvgIpc) is 3.14. The third kappa shape index (κ3) is 4.02. The van der Waals surface area contributed by atoms with E-state index >= 15 is 0 Å². The summed E-state index contributed by atoms with van der Waals surface area (Å²) in [5.41, 5.74) is 4.18. The fourth-order valence-corrected chi connectivity index (χ4v) is 3.46. The Morgan fingerprint density at radius 1 is 1.13 bits per heavy atom. The van der Waals surface area contributed by atoms with E-state index in [1.165, 1.54) is 10.1 Å². The molecule has 0 saturated heterocycles. The van der Waals surface area contributed by atoms with E-state index in [9.17, 15) is 4.79 Å². The number of benzene rings is 2. The quantitative estimate of drug-likeness (QED) is 0.491. The molecule has 2 aromatic heterocycles. The molecule has 2 aromatic carbocycles. The largest absolute Gasteiger partial charge is 0.495 e. The van der Waals surface area contributed by atoms with Crippen molar-refractivity contribution < 1.29 is 4.74 Å². The maximum atomic E-state index is 13.0. The van der Waals surface area contributed by atoms with Gasteiger partial charge in [0.15, 0.2) is 0 Å². The van der Waals surface area contributed by atoms with Crippen molar-refractivity contribution in [3.8, 4) is 5.75 Å². The SMILES string of the molecule is COc1ccc(Cl)cc1NCc1nc2nc(C)c(Cc3ccc(C)cc3)c(=O)n2[nH]1. The molecule has 4 rings (SSSR count). The van der Waals surface area contributed by atoms with Gasteiger partial charge in [-0.25, -0.2) is 4.98 Å². The van der Waals surface area contributed by atoms with Crippen LogP contribution in [0.1, 0.15) is 28.2 Å². The monoisotopic (exact) mass is 423 g/mol. The Kier molecular flexibility index (Phi) is 5.46. The lowest BCUT2D eigenvalue weighted by Crippen LogP contribution is -2.22. The predicted molar refractivity (Wildman–Crippen MR) is 118 cm³/mol. The molecule has 7 nitrogen and oxygen atoms in total. The molecule has 2 heterocycles. The van der Waals surface area contributed by atoms with Gasteiger partial charge in [-0.15, -0.1) is 0 Å². The van der Waals surface area contributed by atoms with E-state index < -0.39 is 0 Å². The van der Waals surface area contributed by atoms with Gasteiger partial charge in [-0.3, -0.25) is 9.89 Å². The van der Waals surface area contributed by atoms with Crippen LogP contribution in [0.4, 0.5) is 5.69 Å². The number of H-pyrrole nitrogens is 1. The Morgan fingerprint density at radius 2 is 1.90 bits per heavy atom. The second-order valence-electron chi connectivity index (χ2n) is 7.15. The van der Waals surface area contributed by atoms with E-state index in [0.29, 0.717) is 46.6 Å². The minimum Gasteiger partial charge on any atom is -0.495 e. The lowest BCUT2D eigenvalue weighted by Gasteiger charge is -2.10. The highest BCUT2D eigenvalue weighted by molar-refractivity contribution is 6.30. The third-order valence-electron chi connectivity index (χ3n) is 4.95. The highest BCUT2D eigenvalue weighted by Crippen LogP contribution is 2.27. The highest BCUT2D eigenvalue weighted by atomic mass is 35.5. The Hall–Kier alpha value is -3.32. The van der Waals surface area contributed by atoms with Crippen molar-refractivity contribution in [3.63, 3.8) is 0 Å². The van der Waals surface area contributed by atoms with Crippen LogP contribution in [-0.4, -0.2) is 26.7 Å². The van der Waals surface area contributed by atoms with E-state index in [2.05, 4.69) is 20.4 Å². The van der Waals surface area contributed by atoms with Crippen LogP contribution in [0.3, 0.4) is 0 Å². The number of ether oxygens (including phenoxy) is 1. The van der Waals surface area contributed by atoms with Crippen LogP contribution < -0.4 is 15.6 Å². The summed E-state index contributed by atoms with van der Waals surface area (Å²) in [4.78, 5) is 22.0. The number of nitrogens with one attached hydrogen (secondary N) is 2. The molecule has 0 fully saturated rings. The second kappa shape index (κ2) is 8.20. The molecule has 0 unspecified atom stereocenters. The lowest BCUT2D eigenvalue weighted by molar-refractivity contribution is 0.416. The fourth-order valence-electron chi connectivity index (χ4n) is 3.29. The molecule has 0 bridgehead atoms. The summed E-state index contributed by atoms with van der Waals surface area (Å²) in [7, 11) is 1.59. The van der Waals surface area contributed by atoms with Gasteiger partial charge in [0.1, 0.15) is 11.6 Å². The number of fused-ring (bicyclic) bond motifs is 1. The molecule has 0 amide bonds. The van der Waals surface area contributed by atoms with E-state index in [1.807, 2.05) is 38.1 Å². The van der Waals surface area contributed by atoms with Gasteiger partial charge in [0, 0.05) is 17.0 Å². The van der Waals surface area contributed by atoms with Gasteiger partial charge in [-0.2, -0.15) is 9.50 Å². The molecule has 0 radical (unpaired) electrons. The van der Waals surface area contributed by atoms with Crippen molar-refractivity contribution in [1.82, 2.24) is 19.6 Å². The number of hydrogen-bond donors (Lipinski definition) is 2. The summed E-state index contributed by atoms with van der Waals surface area (Å²) in [6.45, 7) is 4.23. The van der Waals surface area contributed by atoms with Crippen molar-refractivity contribution in [3.05, 3.63) is 86.0 Å². The first-order chi connectivity index (χ1) is 14.4. The number of aromatic amines is 1. The smallest absolute Gasteiger partial charge is 0.277 e. The zero-order valence-corrected chi connectivity index (χ0v) is 17.7. The molecule has 0 aliphatic carbocycles. The molecule has 0 aliphatic rings. The third-order valence-corrected chi connectivity index (χ3v) is 5.19. The van der Waals surface area contributed by atoms with Crippen LogP contribution in [-0.2, 0) is 13.0 Å². The van der Waals surface area contributed by atoms with Crippen LogP contribution in [0.15, 0.2) is 47.3 Å². The number of aromatic nitrogens is 4. The minimum absolute atomic E-state index is 0.142. The van der Waals surface area contributed by atoms with Gasteiger partial charge in [-0.1, -0.05) is 41.4 Å². The fraction of sp³-hybridized carbons (Fsp3) is 0.227. The van der Waals surface area contributed by atoms with Crippen molar-refractivity contribution in [2.24, 2.45) is 0 Å². The summed E-state index contributed by atoms with van der Waals surface area (Å²) >= 11 is 6.08. The first-order valence-corrected chi connectivity index (χ1v) is 9.92. The van der Waals surface area contributed by atoms with Crippen LogP contribution in [0.5, 0.6) is 5.75 Å². The standard InChI is InChI=1S/C22H22ClN5O2/c1-13-4-6-15(7-5-13)10-17-14(2)25-22-26-20(27-28(22)21(17)29)12-24-18-11-16(23)8-9-19(18)30-3/h4-9,11,24H,10,12H2,1-3H3,(H,25,26,27). The molecule has 2 N–H and O–H groups in total. The minimum atomic E-state index is -0.142. The van der Waals surface area contributed by atoms with Gasteiger partial charge in [0.2, 0.25) is 0 Å². The first kappa shape index (κ1) is 20.0. The van der Waals surface area contributed by atoms with E-state index in [0.717, 1.165) is 11.3 Å². The zero-order chi connectivity index (χ0) is 21.3. The van der Waals surface area contributed by atoms with Crippen molar-refractivity contribution >= 4 is 23.1 Å². The number of methoxy groups -OCH3 is 1. The van der Waals surface area contributed by atoms with Crippen LogP contribution in [0.25, 0.3) is 5.78 Å². The molecule has 30 heavy (non-hydrogen) atoms. The summed E-state index contributed by atoms with van der Waals surface area (Å²) in [6.07, 6.45) is 0.521. The average molecular weight is 424 g/mol. The lowest BCUT2D eigenvalue weighted by atomic mass is 10.0. The van der Waals surface area contributed by atoms with E-state index in [-0.39, 0.29) is 5.56 Å². The summed E-state index contributed by atoms with van der Waals surface area (Å²) in [5.74, 6) is 1.59. The zero-order valence-electron chi connectivity index (χ0n) is 17.0. The van der Waals surface area contributed by atoms with Gasteiger partial charge >= 0.3 is 0 Å². The molecule has 0 atom stereocenters. The van der Waals surface area contributed by atoms with Crippen LogP contribution in [0, 0.1) is 13.8 Å². The van der Waals surface area contributed by atoms with E-state index in [4.69, 9.17) is 16.3 Å². The van der Waals surface area contributed by atoms with Crippen molar-refractivity contribution in [2.45, 2.75) is 26.8 Å². The van der Waals surface area contributed by atoms with Crippen molar-refractivity contribution in [2.75, 3.05) is 12.4 Å². The van der Waals surface area contributed by atoms with Crippen molar-refractivity contribution in [1.29, 1.82) is 0 Å². The summed E-state index contributed by atoms with van der Waals surface area (Å²) in [6, 6.07) is 13.5. The van der Waals surface area contributed by atoms with Gasteiger partial charge in [0.05, 0.1) is 25.0 Å². The number of rotatable bonds is 6. The second-order valence-corrected chi connectivity index (χ2v) is 7.58. The number of halogens is 1. The molecule has 0 spiro atoms. The molecular formula is C22H22ClN5O2. The Bertz CT molecular complexity index is 1260. The summed E-state index contributed by atoms with van der Waals surface area (Å²) in [5, 5.41) is 6.87. The van der Waals surface area contributed by atoms with Gasteiger partial charge in [0.25, 0.3) is 11.3 Å². The number of nitrogens with zero attached hydrogens (tertiary/aromatic N) is 3. The normalized spacial score (nSPS) is 11.1. The highest BCUT2D eigenvalue weighted by Gasteiger charge is 2.14. The molecule has 0 saturated carbocycles. The molecule has 8 heteroatoms. The molecule has 0 aliphatic heterocycles. The molecular weight excluding hydrogens is 402 g/mol. The van der Waals surface area contributed by atoms with Gasteiger partial charge < -0.3 is 10.1 Å². The van der Waals surface area contributed by atoms with Crippen LogP contribution in [0.2, 0.25) is 5.02 Å². The number of anilines is 1. The number of aryl methyl sites for hydroxylation is 2. The molecule has 154 valence electrons. The maximum absolute atomic E-state index is 13.0. The van der Waals surface area contributed by atoms with E-state index in [1.54, 1.807) is 25.3 Å². The maximum Gasteiger partial charge on any atom is 0.277 e. The molecule has 4 aromatic rings. The topological polar surface area (TPSA) is 84.3 Å². The Morgan fingerprint density at radius 3 is 2.63 bits per heavy atom. The Labute approximate surface area is 178 Å². The Balaban J connectivity index is 1.61. The number of hydrogen-bond acceptors (Lipinski definition) is 5. The first-order valence-electron chi connectivity index (χ1n) is 9.54. The predicted octanol–water partition coefficient (Wildman–Crippen LogP) is 3.90.